The molecular weight excluding hydrogens is 549 g/mol. The van der Waals surface area contributed by atoms with Gasteiger partial charge in [0.25, 0.3) is 0 Å². The lowest BCUT2D eigenvalue weighted by Gasteiger charge is -2.36. The molecule has 1 N–H and O–H groups in total. The molecule has 38 heavy (non-hydrogen) atoms. The predicted octanol–water partition coefficient (Wildman–Crippen LogP) is 5.55. The Bertz CT molecular complexity index is 1270. The van der Waals surface area contributed by atoms with Crippen molar-refractivity contribution < 1.29 is 19.1 Å². The van der Waals surface area contributed by atoms with Gasteiger partial charge in [-0.25, -0.2) is 9.37 Å². The molecule has 1 aromatic heterocycles. The lowest BCUT2D eigenvalue weighted by atomic mass is 9.80. The molecule has 0 saturated carbocycles. The highest BCUT2D eigenvalue weighted by atomic mass is 79.9. The van der Waals surface area contributed by atoms with E-state index in [-0.39, 0.29) is 19.0 Å². The zero-order chi connectivity index (χ0) is 26.4. The van der Waals surface area contributed by atoms with Gasteiger partial charge >= 0.3 is 0 Å². The lowest BCUT2D eigenvalue weighted by molar-refractivity contribution is -0.0636. The molecule has 0 amide bonds. The molecule has 1 aliphatic rings. The van der Waals surface area contributed by atoms with Crippen molar-refractivity contribution in [1.82, 2.24) is 4.98 Å². The Balaban J connectivity index is 1.26. The number of hydrogen-bond donors (Lipinski definition) is 1. The van der Waals surface area contributed by atoms with Crippen LogP contribution in [0.15, 0.2) is 113 Å². The largest absolute Gasteiger partial charge is 0.393 e. The first-order valence-electron chi connectivity index (χ1n) is 12.3. The third-order valence-electron chi connectivity index (χ3n) is 6.33. The quantitative estimate of drug-likeness (QED) is 0.198. The van der Waals surface area contributed by atoms with E-state index in [1.165, 1.54) is 6.07 Å². The van der Waals surface area contributed by atoms with E-state index in [0.29, 0.717) is 17.6 Å². The number of hydrogen-bond acceptors (Lipinski definition) is 6. The molecule has 4 aromatic rings. The Morgan fingerprint density at radius 1 is 0.895 bits per heavy atom. The molecule has 8 heteroatoms. The molecule has 1 unspecified atom stereocenters. The zero-order valence-electron chi connectivity index (χ0n) is 20.6. The summed E-state index contributed by atoms with van der Waals surface area (Å²) in [7, 11) is 0. The van der Waals surface area contributed by atoms with Crippen molar-refractivity contribution in [3.8, 4) is 0 Å². The molecule has 6 nitrogen and oxygen atoms in total. The summed E-state index contributed by atoms with van der Waals surface area (Å²) >= 11 is 3.21. The molecule has 194 valence electrons. The monoisotopic (exact) mass is 575 g/mol. The van der Waals surface area contributed by atoms with E-state index >= 15 is 0 Å². The second-order valence-electron chi connectivity index (χ2n) is 9.01. The maximum atomic E-state index is 14.1. The number of nitrogens with zero attached hydrogens (tertiary/aromatic N) is 3. The fourth-order valence-corrected chi connectivity index (χ4v) is 4.80. The fourth-order valence-electron chi connectivity index (χ4n) is 4.49. The SMILES string of the molecule is OC(CON=C1CN(c2ncc(Br)cc2F)C1)COC(c1ccccc1)(c1ccccc1)c1ccccc1. The van der Waals surface area contributed by atoms with E-state index in [1.807, 2.05) is 91.0 Å². The third kappa shape index (κ3) is 5.62. The molecule has 0 bridgehead atoms. The van der Waals surface area contributed by atoms with Gasteiger partial charge in [-0.1, -0.05) is 96.2 Å². The second kappa shape index (κ2) is 11.9. The van der Waals surface area contributed by atoms with Gasteiger partial charge in [0.05, 0.1) is 25.4 Å². The number of aliphatic hydroxyl groups is 1. The number of halogens is 2. The Labute approximate surface area is 229 Å². The molecular formula is C30H27BrFN3O3. The van der Waals surface area contributed by atoms with E-state index in [9.17, 15) is 9.50 Å². The van der Waals surface area contributed by atoms with Crippen molar-refractivity contribution >= 4 is 27.5 Å². The van der Waals surface area contributed by atoms with Crippen molar-refractivity contribution in [3.63, 3.8) is 0 Å². The van der Waals surface area contributed by atoms with E-state index in [2.05, 4.69) is 26.1 Å². The van der Waals surface area contributed by atoms with Crippen LogP contribution in [0.1, 0.15) is 16.7 Å². The van der Waals surface area contributed by atoms with Crippen LogP contribution < -0.4 is 4.90 Å². The smallest absolute Gasteiger partial charge is 0.166 e. The van der Waals surface area contributed by atoms with Crippen LogP contribution in [0.4, 0.5) is 10.2 Å². The summed E-state index contributed by atoms with van der Waals surface area (Å²) in [5, 5.41) is 14.9. The van der Waals surface area contributed by atoms with E-state index in [0.717, 1.165) is 22.4 Å². The van der Waals surface area contributed by atoms with Gasteiger partial charge in [-0.2, -0.15) is 0 Å². The van der Waals surface area contributed by atoms with Gasteiger partial charge in [0.2, 0.25) is 0 Å². The maximum absolute atomic E-state index is 14.1. The first-order chi connectivity index (χ1) is 18.6. The van der Waals surface area contributed by atoms with Gasteiger partial charge in [-0.3, -0.25) is 0 Å². The number of anilines is 1. The van der Waals surface area contributed by atoms with Crippen LogP contribution in [0.3, 0.4) is 0 Å². The molecule has 3 aromatic carbocycles. The van der Waals surface area contributed by atoms with Gasteiger partial charge in [0.15, 0.2) is 11.6 Å². The van der Waals surface area contributed by atoms with Crippen LogP contribution in [0.5, 0.6) is 0 Å². The molecule has 1 fully saturated rings. The summed E-state index contributed by atoms with van der Waals surface area (Å²) in [4.78, 5) is 11.3. The van der Waals surface area contributed by atoms with Crippen LogP contribution in [-0.2, 0) is 15.2 Å². The third-order valence-corrected chi connectivity index (χ3v) is 6.76. The lowest BCUT2D eigenvalue weighted by Crippen LogP contribution is -2.48. The number of benzene rings is 3. The van der Waals surface area contributed by atoms with Crippen LogP contribution in [-0.4, -0.2) is 48.2 Å². The predicted molar refractivity (Wildman–Crippen MR) is 149 cm³/mol. The average Bonchev–Trinajstić information content (AvgIpc) is 2.93. The molecule has 0 aliphatic carbocycles. The fraction of sp³-hybridized carbons (Fsp3) is 0.200. The van der Waals surface area contributed by atoms with Gasteiger partial charge in [0.1, 0.15) is 18.3 Å². The minimum absolute atomic E-state index is 0.0175. The first kappa shape index (κ1) is 26.0. The normalized spacial score (nSPS) is 14.1. The van der Waals surface area contributed by atoms with Crippen LogP contribution in [0.2, 0.25) is 0 Å². The molecule has 2 heterocycles. The number of aliphatic hydroxyl groups excluding tert-OH is 1. The number of pyridine rings is 1. The molecule has 0 radical (unpaired) electrons. The standard InChI is InChI=1S/C30H27BrFN3O3/c31-25-16-28(32)29(33-17-25)35-18-26(19-35)34-38-21-27(36)20-37-30(22-10-4-1-5-11-22,23-12-6-2-7-13-23)24-14-8-3-9-15-24/h1-17,27,36H,18-21H2. The summed E-state index contributed by atoms with van der Waals surface area (Å²) in [6.07, 6.45) is 0.637. The summed E-state index contributed by atoms with van der Waals surface area (Å²) in [6, 6.07) is 31.3. The Kier molecular flexibility index (Phi) is 8.12. The molecule has 1 aliphatic heterocycles. The highest BCUT2D eigenvalue weighted by molar-refractivity contribution is 9.10. The van der Waals surface area contributed by atoms with Gasteiger partial charge in [0, 0.05) is 10.7 Å². The summed E-state index contributed by atoms with van der Waals surface area (Å²) in [5.41, 5.74) is 2.68. The summed E-state index contributed by atoms with van der Waals surface area (Å²) in [5.74, 6) is -0.120. The highest BCUT2D eigenvalue weighted by Crippen LogP contribution is 2.40. The van der Waals surface area contributed by atoms with Crippen molar-refractivity contribution in [2.24, 2.45) is 5.16 Å². The van der Waals surface area contributed by atoms with Gasteiger partial charge in [-0.05, 0) is 38.7 Å². The second-order valence-corrected chi connectivity index (χ2v) is 9.93. The van der Waals surface area contributed by atoms with Crippen LogP contribution in [0.25, 0.3) is 0 Å². The Morgan fingerprint density at radius 3 is 1.92 bits per heavy atom. The molecule has 0 spiro atoms. The number of aromatic nitrogens is 1. The minimum Gasteiger partial charge on any atom is -0.393 e. The Hall–Kier alpha value is -3.59. The first-order valence-corrected chi connectivity index (χ1v) is 13.1. The van der Waals surface area contributed by atoms with E-state index in [1.54, 1.807) is 11.1 Å². The van der Waals surface area contributed by atoms with E-state index < -0.39 is 17.5 Å². The Morgan fingerprint density at radius 2 is 1.42 bits per heavy atom. The van der Waals surface area contributed by atoms with Crippen molar-refractivity contribution in [1.29, 1.82) is 0 Å². The van der Waals surface area contributed by atoms with Crippen LogP contribution >= 0.6 is 15.9 Å². The minimum atomic E-state index is -0.924. The molecule has 1 saturated heterocycles. The van der Waals surface area contributed by atoms with Crippen LogP contribution in [0, 0.1) is 5.82 Å². The van der Waals surface area contributed by atoms with Gasteiger partial charge in [-0.15, -0.1) is 0 Å². The summed E-state index contributed by atoms with van der Waals surface area (Å²) < 4.78 is 21.3. The highest BCUT2D eigenvalue weighted by Gasteiger charge is 2.38. The molecule has 5 rings (SSSR count). The van der Waals surface area contributed by atoms with Crippen molar-refractivity contribution in [2.45, 2.75) is 11.7 Å². The zero-order valence-corrected chi connectivity index (χ0v) is 22.2. The maximum Gasteiger partial charge on any atom is 0.166 e. The number of ether oxygens (including phenoxy) is 1. The molecule has 1 atom stereocenters. The van der Waals surface area contributed by atoms with E-state index in [4.69, 9.17) is 9.57 Å². The average molecular weight is 576 g/mol. The topological polar surface area (TPSA) is 67.2 Å². The van der Waals surface area contributed by atoms with Crippen molar-refractivity contribution in [3.05, 3.63) is 130 Å². The summed E-state index contributed by atoms with van der Waals surface area (Å²) in [6.45, 7) is 0.807. The van der Waals surface area contributed by atoms with Gasteiger partial charge < -0.3 is 19.6 Å². The van der Waals surface area contributed by atoms with Crippen molar-refractivity contribution in [2.75, 3.05) is 31.2 Å². The number of rotatable bonds is 10. The number of oxime groups is 1.